The van der Waals surface area contributed by atoms with E-state index >= 15 is 0 Å². The zero-order valence-corrected chi connectivity index (χ0v) is 12.7. The molecule has 1 aromatic carbocycles. The monoisotopic (exact) mass is 295 g/mol. The fraction of sp³-hybridized carbons (Fsp3) is 0.467. The average Bonchev–Trinajstić information content (AvgIpc) is 2.34. The molecule has 0 aliphatic heterocycles. The minimum absolute atomic E-state index is 0.00277. The number of carbonyl (C=O) groups excluding carboxylic acids is 1. The zero-order valence-electron chi connectivity index (χ0n) is 12.7. The first-order valence-electron chi connectivity index (χ1n) is 6.73. The molecule has 0 radical (unpaired) electrons. The van der Waals surface area contributed by atoms with Crippen molar-refractivity contribution in [2.24, 2.45) is 0 Å². The Morgan fingerprint density at radius 1 is 1.29 bits per heavy atom. The van der Waals surface area contributed by atoms with Crippen LogP contribution in [0.2, 0.25) is 0 Å². The number of hydrogen-bond donors (Lipinski definition) is 2. The van der Waals surface area contributed by atoms with Gasteiger partial charge in [0.1, 0.15) is 16.9 Å². The van der Waals surface area contributed by atoms with Crippen LogP contribution in [0, 0.1) is 0 Å². The number of rotatable bonds is 5. The summed E-state index contributed by atoms with van der Waals surface area (Å²) in [6.45, 7) is 7.60. The molecule has 0 saturated heterocycles. The minimum Gasteiger partial charge on any atom is -0.493 e. The van der Waals surface area contributed by atoms with Crippen LogP contribution in [0.1, 0.15) is 44.5 Å². The van der Waals surface area contributed by atoms with E-state index in [1.165, 1.54) is 12.1 Å². The maximum atomic E-state index is 11.7. The molecule has 0 aliphatic rings. The Balaban J connectivity index is 2.88. The topological polar surface area (TPSA) is 84.9 Å². The van der Waals surface area contributed by atoms with Crippen molar-refractivity contribution >= 4 is 17.7 Å². The molecule has 0 fully saturated rings. The van der Waals surface area contributed by atoms with Crippen LogP contribution in [0.15, 0.2) is 18.2 Å². The van der Waals surface area contributed by atoms with E-state index < -0.39 is 17.7 Å². The Bertz CT molecular complexity index is 519. The Kier molecular flexibility index (Phi) is 5.58. The van der Waals surface area contributed by atoms with E-state index in [9.17, 15) is 14.7 Å². The number of anilines is 1. The molecule has 0 heterocycles. The van der Waals surface area contributed by atoms with Crippen LogP contribution < -0.4 is 10.1 Å². The second-order valence-electron chi connectivity index (χ2n) is 5.49. The first-order valence-corrected chi connectivity index (χ1v) is 6.73. The molecule has 0 aliphatic carbocycles. The van der Waals surface area contributed by atoms with Crippen molar-refractivity contribution in [2.45, 2.75) is 39.7 Å². The Hall–Kier alpha value is -2.24. The van der Waals surface area contributed by atoms with Gasteiger partial charge in [0, 0.05) is 5.69 Å². The number of carboxylic acids is 1. The summed E-state index contributed by atoms with van der Waals surface area (Å²) in [6, 6.07) is 4.43. The SMILES string of the molecule is CCCOc1ccc(NC(=O)OC(C)(C)C)cc1C(=O)O. The molecule has 0 unspecified atom stereocenters. The average molecular weight is 295 g/mol. The second kappa shape index (κ2) is 6.97. The largest absolute Gasteiger partial charge is 0.493 e. The maximum Gasteiger partial charge on any atom is 0.412 e. The molecule has 1 amide bonds. The van der Waals surface area contributed by atoms with Crippen molar-refractivity contribution in [2.75, 3.05) is 11.9 Å². The second-order valence-corrected chi connectivity index (χ2v) is 5.49. The number of carboxylic acid groups (broad SMARTS) is 1. The third-order valence-corrected chi connectivity index (χ3v) is 2.32. The molecule has 0 atom stereocenters. The predicted octanol–water partition coefficient (Wildman–Crippen LogP) is 3.52. The number of carbonyl (C=O) groups is 2. The van der Waals surface area contributed by atoms with Crippen LogP contribution in [-0.4, -0.2) is 29.4 Å². The highest BCUT2D eigenvalue weighted by molar-refractivity contribution is 5.94. The van der Waals surface area contributed by atoms with Gasteiger partial charge in [-0.15, -0.1) is 0 Å². The Labute approximate surface area is 124 Å². The molecular weight excluding hydrogens is 274 g/mol. The van der Waals surface area contributed by atoms with Crippen molar-refractivity contribution in [3.05, 3.63) is 23.8 Å². The van der Waals surface area contributed by atoms with Gasteiger partial charge in [0.15, 0.2) is 0 Å². The molecule has 0 aromatic heterocycles. The highest BCUT2D eigenvalue weighted by atomic mass is 16.6. The third kappa shape index (κ3) is 5.72. The van der Waals surface area contributed by atoms with E-state index in [-0.39, 0.29) is 11.3 Å². The number of nitrogens with one attached hydrogen (secondary N) is 1. The van der Waals surface area contributed by atoms with Gasteiger partial charge in [-0.3, -0.25) is 5.32 Å². The molecule has 0 bridgehead atoms. The van der Waals surface area contributed by atoms with Gasteiger partial charge in [-0.05, 0) is 45.4 Å². The van der Waals surface area contributed by atoms with Crippen molar-refractivity contribution in [1.29, 1.82) is 0 Å². The van der Waals surface area contributed by atoms with E-state index in [2.05, 4.69) is 5.32 Å². The van der Waals surface area contributed by atoms with Crippen LogP contribution >= 0.6 is 0 Å². The van der Waals surface area contributed by atoms with E-state index in [1.54, 1.807) is 26.8 Å². The van der Waals surface area contributed by atoms with Gasteiger partial charge in [0.05, 0.1) is 6.61 Å². The predicted molar refractivity (Wildman–Crippen MR) is 79.0 cm³/mol. The van der Waals surface area contributed by atoms with E-state index in [0.717, 1.165) is 6.42 Å². The molecule has 2 N–H and O–H groups in total. The number of ether oxygens (including phenoxy) is 2. The fourth-order valence-corrected chi connectivity index (χ4v) is 1.53. The number of benzene rings is 1. The lowest BCUT2D eigenvalue weighted by Crippen LogP contribution is -2.27. The number of hydrogen-bond acceptors (Lipinski definition) is 4. The lowest BCUT2D eigenvalue weighted by atomic mass is 10.1. The van der Waals surface area contributed by atoms with Crippen LogP contribution in [0.3, 0.4) is 0 Å². The van der Waals surface area contributed by atoms with E-state index in [0.29, 0.717) is 12.3 Å². The molecule has 0 spiro atoms. The van der Waals surface area contributed by atoms with Crippen LogP contribution in [0.25, 0.3) is 0 Å². The van der Waals surface area contributed by atoms with Gasteiger partial charge in [-0.25, -0.2) is 9.59 Å². The quantitative estimate of drug-likeness (QED) is 0.868. The van der Waals surface area contributed by atoms with Crippen LogP contribution in [0.4, 0.5) is 10.5 Å². The van der Waals surface area contributed by atoms with Crippen LogP contribution in [0.5, 0.6) is 5.75 Å². The van der Waals surface area contributed by atoms with Gasteiger partial charge in [-0.1, -0.05) is 6.92 Å². The van der Waals surface area contributed by atoms with Crippen molar-refractivity contribution < 1.29 is 24.2 Å². The van der Waals surface area contributed by atoms with Crippen molar-refractivity contribution in [1.82, 2.24) is 0 Å². The van der Waals surface area contributed by atoms with Crippen LogP contribution in [-0.2, 0) is 4.74 Å². The maximum absolute atomic E-state index is 11.7. The zero-order chi connectivity index (χ0) is 16.0. The first-order chi connectivity index (χ1) is 9.73. The number of aromatic carboxylic acids is 1. The summed E-state index contributed by atoms with van der Waals surface area (Å²) in [5.41, 5.74) is -0.285. The van der Waals surface area contributed by atoms with E-state index in [4.69, 9.17) is 9.47 Å². The van der Waals surface area contributed by atoms with E-state index in [1.807, 2.05) is 6.92 Å². The van der Waals surface area contributed by atoms with Crippen molar-refractivity contribution in [3.8, 4) is 5.75 Å². The van der Waals surface area contributed by atoms with Gasteiger partial charge in [-0.2, -0.15) is 0 Å². The Morgan fingerprint density at radius 2 is 1.95 bits per heavy atom. The summed E-state index contributed by atoms with van der Waals surface area (Å²) >= 11 is 0. The number of amides is 1. The summed E-state index contributed by atoms with van der Waals surface area (Å²) in [4.78, 5) is 22.9. The minimum atomic E-state index is -1.12. The third-order valence-electron chi connectivity index (χ3n) is 2.32. The molecule has 1 aromatic rings. The standard InChI is InChI=1S/C15H21NO5/c1-5-8-20-12-7-6-10(9-11(12)13(17)18)16-14(19)21-15(2,3)4/h6-7,9H,5,8H2,1-4H3,(H,16,19)(H,17,18). The van der Waals surface area contributed by atoms with Crippen molar-refractivity contribution in [3.63, 3.8) is 0 Å². The smallest absolute Gasteiger partial charge is 0.412 e. The highest BCUT2D eigenvalue weighted by Gasteiger charge is 2.18. The summed E-state index contributed by atoms with van der Waals surface area (Å²) in [7, 11) is 0. The van der Waals surface area contributed by atoms with Gasteiger partial charge in [0.2, 0.25) is 0 Å². The molecule has 0 saturated carbocycles. The molecule has 21 heavy (non-hydrogen) atoms. The summed E-state index contributed by atoms with van der Waals surface area (Å²) in [6.07, 6.45) is 0.137. The summed E-state index contributed by atoms with van der Waals surface area (Å²) in [5.74, 6) is -0.840. The molecule has 1 rings (SSSR count). The lowest BCUT2D eigenvalue weighted by Gasteiger charge is -2.20. The molecular formula is C15H21NO5. The molecule has 6 heteroatoms. The lowest BCUT2D eigenvalue weighted by molar-refractivity contribution is 0.0632. The molecule has 116 valence electrons. The summed E-state index contributed by atoms with van der Waals surface area (Å²) in [5, 5.41) is 11.7. The molecule has 6 nitrogen and oxygen atoms in total. The fourth-order valence-electron chi connectivity index (χ4n) is 1.53. The normalized spacial score (nSPS) is 10.9. The van der Waals surface area contributed by atoms with Gasteiger partial charge >= 0.3 is 12.1 Å². The highest BCUT2D eigenvalue weighted by Crippen LogP contribution is 2.23. The Morgan fingerprint density at radius 3 is 2.48 bits per heavy atom. The van der Waals surface area contributed by atoms with Gasteiger partial charge < -0.3 is 14.6 Å². The van der Waals surface area contributed by atoms with Gasteiger partial charge in [0.25, 0.3) is 0 Å². The first kappa shape index (κ1) is 16.8. The summed E-state index contributed by atoms with van der Waals surface area (Å²) < 4.78 is 10.5.